The van der Waals surface area contributed by atoms with E-state index >= 15 is 0 Å². The van der Waals surface area contributed by atoms with Crippen LogP contribution in [-0.4, -0.2) is 26.8 Å². The number of hydrogen-bond acceptors (Lipinski definition) is 4. The summed E-state index contributed by atoms with van der Waals surface area (Å²) < 4.78 is 1.84. The fourth-order valence-electron chi connectivity index (χ4n) is 1.79. The maximum Gasteiger partial charge on any atom is 0.168 e. The van der Waals surface area contributed by atoms with Crippen molar-refractivity contribution in [1.29, 1.82) is 0 Å². The van der Waals surface area contributed by atoms with Gasteiger partial charge in [-0.3, -0.25) is 0 Å². The summed E-state index contributed by atoms with van der Waals surface area (Å²) in [5.74, 6) is 0.871. The summed E-state index contributed by atoms with van der Waals surface area (Å²) in [5, 5.41) is 15.2. The van der Waals surface area contributed by atoms with Crippen LogP contribution in [0.2, 0.25) is 0 Å². The molecule has 5 heteroatoms. The van der Waals surface area contributed by atoms with Gasteiger partial charge in [-0.25, -0.2) is 4.68 Å². The van der Waals surface area contributed by atoms with Crippen molar-refractivity contribution in [2.75, 3.05) is 6.54 Å². The van der Waals surface area contributed by atoms with Gasteiger partial charge in [0.15, 0.2) is 5.82 Å². The molecule has 0 aliphatic heterocycles. The van der Waals surface area contributed by atoms with Crippen LogP contribution >= 0.6 is 0 Å². The third-order valence-corrected chi connectivity index (χ3v) is 2.63. The Balaban J connectivity index is 2.14. The number of nitrogens with one attached hydrogen (secondary N) is 1. The summed E-state index contributed by atoms with van der Waals surface area (Å²) in [4.78, 5) is 0. The third kappa shape index (κ3) is 2.88. The Kier molecular flexibility index (Phi) is 3.82. The number of tetrazole rings is 1. The van der Waals surface area contributed by atoms with Crippen LogP contribution in [0.3, 0.4) is 0 Å². The van der Waals surface area contributed by atoms with Gasteiger partial charge in [-0.1, -0.05) is 37.3 Å². The average Bonchev–Trinajstić information content (AvgIpc) is 2.79. The Morgan fingerprint density at radius 2 is 2.06 bits per heavy atom. The molecule has 0 bridgehead atoms. The summed E-state index contributed by atoms with van der Waals surface area (Å²) in [5.41, 5.74) is 1.20. The molecule has 0 radical (unpaired) electrons. The van der Waals surface area contributed by atoms with E-state index in [9.17, 15) is 0 Å². The maximum atomic E-state index is 4.07. The molecule has 1 atom stereocenters. The quantitative estimate of drug-likeness (QED) is 0.845. The molecule has 1 heterocycles. The second-order valence-electron chi connectivity index (χ2n) is 3.96. The summed E-state index contributed by atoms with van der Waals surface area (Å²) in [7, 11) is 0. The van der Waals surface area contributed by atoms with Crippen molar-refractivity contribution < 1.29 is 0 Å². The van der Waals surface area contributed by atoms with Gasteiger partial charge in [0.05, 0.1) is 12.6 Å². The Morgan fingerprint density at radius 1 is 1.29 bits per heavy atom. The zero-order chi connectivity index (χ0) is 12.1. The first-order valence-electron chi connectivity index (χ1n) is 5.84. The monoisotopic (exact) mass is 231 g/mol. The Labute approximate surface area is 101 Å². The molecule has 0 saturated carbocycles. The zero-order valence-electron chi connectivity index (χ0n) is 10.2. The molecule has 17 heavy (non-hydrogen) atoms. The second-order valence-corrected chi connectivity index (χ2v) is 3.96. The first kappa shape index (κ1) is 11.7. The summed E-state index contributed by atoms with van der Waals surface area (Å²) >= 11 is 0. The molecular weight excluding hydrogens is 214 g/mol. The van der Waals surface area contributed by atoms with Crippen molar-refractivity contribution in [2.45, 2.75) is 26.4 Å². The minimum atomic E-state index is 0.165. The molecule has 0 aliphatic carbocycles. The zero-order valence-corrected chi connectivity index (χ0v) is 10.2. The van der Waals surface area contributed by atoms with Gasteiger partial charge in [-0.05, 0) is 29.5 Å². The van der Waals surface area contributed by atoms with Gasteiger partial charge in [0.1, 0.15) is 0 Å². The van der Waals surface area contributed by atoms with Crippen LogP contribution in [0.15, 0.2) is 30.3 Å². The van der Waals surface area contributed by atoms with Gasteiger partial charge in [-0.15, -0.1) is 5.10 Å². The van der Waals surface area contributed by atoms with E-state index in [0.717, 1.165) is 12.4 Å². The SMILES string of the molecule is CCNC(C)c1nnnn1Cc1ccccc1. The van der Waals surface area contributed by atoms with Crippen LogP contribution in [0.4, 0.5) is 0 Å². The lowest BCUT2D eigenvalue weighted by atomic mass is 10.2. The van der Waals surface area contributed by atoms with E-state index in [2.05, 4.69) is 46.8 Å². The lowest BCUT2D eigenvalue weighted by Crippen LogP contribution is -2.22. The second kappa shape index (κ2) is 5.54. The summed E-state index contributed by atoms with van der Waals surface area (Å²) in [6, 6.07) is 10.4. The first-order valence-corrected chi connectivity index (χ1v) is 5.84. The molecule has 90 valence electrons. The van der Waals surface area contributed by atoms with Gasteiger partial charge in [-0.2, -0.15) is 0 Å². The Hall–Kier alpha value is -1.75. The van der Waals surface area contributed by atoms with E-state index in [0.29, 0.717) is 6.54 Å². The smallest absolute Gasteiger partial charge is 0.168 e. The Bertz CT molecular complexity index is 451. The van der Waals surface area contributed by atoms with Gasteiger partial charge in [0.2, 0.25) is 0 Å². The predicted octanol–water partition coefficient (Wildman–Crippen LogP) is 1.39. The Morgan fingerprint density at radius 3 is 2.76 bits per heavy atom. The van der Waals surface area contributed by atoms with Crippen LogP contribution in [0, 0.1) is 0 Å². The molecule has 1 N–H and O–H groups in total. The molecule has 0 amide bonds. The largest absolute Gasteiger partial charge is 0.308 e. The van der Waals surface area contributed by atoms with Crippen molar-refractivity contribution >= 4 is 0 Å². The lowest BCUT2D eigenvalue weighted by Gasteiger charge is -2.11. The third-order valence-electron chi connectivity index (χ3n) is 2.63. The van der Waals surface area contributed by atoms with Gasteiger partial charge >= 0.3 is 0 Å². The molecule has 1 aromatic heterocycles. The highest BCUT2D eigenvalue weighted by Crippen LogP contribution is 2.09. The van der Waals surface area contributed by atoms with Crippen molar-refractivity contribution in [2.24, 2.45) is 0 Å². The lowest BCUT2D eigenvalue weighted by molar-refractivity contribution is 0.516. The van der Waals surface area contributed by atoms with Gasteiger partial charge in [0, 0.05) is 0 Å². The van der Waals surface area contributed by atoms with E-state index in [4.69, 9.17) is 0 Å². The van der Waals surface area contributed by atoms with E-state index < -0.39 is 0 Å². The number of aromatic nitrogens is 4. The van der Waals surface area contributed by atoms with Crippen molar-refractivity contribution in [3.63, 3.8) is 0 Å². The molecule has 2 rings (SSSR count). The molecule has 0 aliphatic rings. The van der Waals surface area contributed by atoms with E-state index in [-0.39, 0.29) is 6.04 Å². The normalized spacial score (nSPS) is 12.6. The minimum absolute atomic E-state index is 0.165. The molecule has 2 aromatic rings. The molecule has 1 unspecified atom stereocenters. The van der Waals surface area contributed by atoms with Crippen LogP contribution < -0.4 is 5.32 Å². The van der Waals surface area contributed by atoms with Crippen molar-refractivity contribution in [1.82, 2.24) is 25.5 Å². The highest BCUT2D eigenvalue weighted by Gasteiger charge is 2.13. The molecular formula is C12H17N5. The fraction of sp³-hybridized carbons (Fsp3) is 0.417. The van der Waals surface area contributed by atoms with Gasteiger partial charge < -0.3 is 5.32 Å². The number of rotatable bonds is 5. The van der Waals surface area contributed by atoms with Gasteiger partial charge in [0.25, 0.3) is 0 Å². The van der Waals surface area contributed by atoms with E-state index in [1.165, 1.54) is 5.56 Å². The standard InChI is InChI=1S/C12H17N5/c1-3-13-10(2)12-14-15-16-17(12)9-11-7-5-4-6-8-11/h4-8,10,13H,3,9H2,1-2H3. The van der Waals surface area contributed by atoms with E-state index in [1.807, 2.05) is 22.9 Å². The van der Waals surface area contributed by atoms with Crippen LogP contribution in [0.1, 0.15) is 31.3 Å². The van der Waals surface area contributed by atoms with Crippen LogP contribution in [0.25, 0.3) is 0 Å². The highest BCUT2D eigenvalue weighted by molar-refractivity contribution is 5.15. The fourth-order valence-corrected chi connectivity index (χ4v) is 1.79. The summed E-state index contributed by atoms with van der Waals surface area (Å²) in [6.45, 7) is 5.75. The predicted molar refractivity (Wildman–Crippen MR) is 65.5 cm³/mol. The number of benzene rings is 1. The van der Waals surface area contributed by atoms with Crippen molar-refractivity contribution in [3.05, 3.63) is 41.7 Å². The first-order chi connectivity index (χ1) is 8.31. The summed E-state index contributed by atoms with van der Waals surface area (Å²) in [6.07, 6.45) is 0. The molecule has 5 nitrogen and oxygen atoms in total. The number of hydrogen-bond donors (Lipinski definition) is 1. The highest BCUT2D eigenvalue weighted by atomic mass is 15.5. The van der Waals surface area contributed by atoms with E-state index in [1.54, 1.807) is 0 Å². The molecule has 0 fully saturated rings. The topological polar surface area (TPSA) is 55.6 Å². The molecule has 1 aromatic carbocycles. The molecule has 0 spiro atoms. The maximum absolute atomic E-state index is 4.07. The van der Waals surface area contributed by atoms with Crippen LogP contribution in [0.5, 0.6) is 0 Å². The van der Waals surface area contributed by atoms with Crippen LogP contribution in [-0.2, 0) is 6.54 Å². The number of nitrogens with zero attached hydrogens (tertiary/aromatic N) is 4. The average molecular weight is 231 g/mol. The van der Waals surface area contributed by atoms with Crippen molar-refractivity contribution in [3.8, 4) is 0 Å². The minimum Gasteiger partial charge on any atom is -0.308 e. The molecule has 0 saturated heterocycles.